The number of aryl methyl sites for hydroxylation is 2. The van der Waals surface area contributed by atoms with Gasteiger partial charge in [0.1, 0.15) is 11.6 Å². The molecular formula is C18H26N6O2. The monoisotopic (exact) mass is 358 g/mol. The molecule has 0 saturated carbocycles. The lowest BCUT2D eigenvalue weighted by molar-refractivity contribution is 0.370. The fourth-order valence-corrected chi connectivity index (χ4v) is 3.09. The minimum atomic E-state index is 0.134. The smallest absolute Gasteiger partial charge is 0.191 e. The number of fused-ring (bicyclic) bond motifs is 1. The minimum Gasteiger partial charge on any atom is -0.504 e. The van der Waals surface area contributed by atoms with E-state index in [1.165, 1.54) is 7.11 Å². The first-order valence-corrected chi connectivity index (χ1v) is 8.90. The molecule has 1 aromatic carbocycles. The van der Waals surface area contributed by atoms with Gasteiger partial charge in [0.05, 0.1) is 20.2 Å². The molecule has 140 valence electrons. The van der Waals surface area contributed by atoms with E-state index < -0.39 is 0 Å². The lowest BCUT2D eigenvalue weighted by Gasteiger charge is -2.25. The molecule has 1 aliphatic heterocycles. The van der Waals surface area contributed by atoms with Crippen molar-refractivity contribution in [2.45, 2.75) is 45.8 Å². The average Bonchev–Trinajstić information content (AvgIpc) is 3.00. The number of methoxy groups -OCH3 is 1. The van der Waals surface area contributed by atoms with E-state index in [4.69, 9.17) is 4.74 Å². The molecule has 3 N–H and O–H groups in total. The first-order valence-electron chi connectivity index (χ1n) is 8.90. The number of aromatic nitrogens is 3. The number of guanidine groups is 1. The molecule has 0 aliphatic carbocycles. The summed E-state index contributed by atoms with van der Waals surface area (Å²) in [4.78, 5) is 9.05. The Hall–Kier alpha value is -2.77. The molecule has 0 spiro atoms. The number of aromatic hydroxyl groups is 1. The highest BCUT2D eigenvalue weighted by atomic mass is 16.5. The van der Waals surface area contributed by atoms with Gasteiger partial charge in [-0.2, -0.15) is 5.10 Å². The highest BCUT2D eigenvalue weighted by Crippen LogP contribution is 2.29. The number of nitrogens with zero attached hydrogens (tertiary/aromatic N) is 4. The zero-order valence-corrected chi connectivity index (χ0v) is 15.5. The van der Waals surface area contributed by atoms with Gasteiger partial charge in [0, 0.05) is 24.6 Å². The van der Waals surface area contributed by atoms with Crippen LogP contribution in [0.1, 0.15) is 30.6 Å². The maximum Gasteiger partial charge on any atom is 0.191 e. The summed E-state index contributed by atoms with van der Waals surface area (Å²) in [6.07, 6.45) is 1.88. The topological polar surface area (TPSA) is 96.6 Å². The molecule has 0 bridgehead atoms. The largest absolute Gasteiger partial charge is 0.504 e. The number of aliphatic imine (C=N–C) groups is 1. The molecule has 26 heavy (non-hydrogen) atoms. The molecular weight excluding hydrogens is 332 g/mol. The summed E-state index contributed by atoms with van der Waals surface area (Å²) in [5, 5.41) is 21.4. The van der Waals surface area contributed by atoms with Crippen LogP contribution in [0.25, 0.3) is 0 Å². The number of rotatable bonds is 5. The number of ether oxygens (including phenoxy) is 1. The number of nitrogens with one attached hydrogen (secondary N) is 2. The van der Waals surface area contributed by atoms with E-state index in [2.05, 4.69) is 25.7 Å². The summed E-state index contributed by atoms with van der Waals surface area (Å²) < 4.78 is 7.12. The average molecular weight is 358 g/mol. The van der Waals surface area contributed by atoms with Crippen LogP contribution in [0.3, 0.4) is 0 Å². The van der Waals surface area contributed by atoms with Crippen molar-refractivity contribution in [2.75, 3.05) is 13.7 Å². The summed E-state index contributed by atoms with van der Waals surface area (Å²) >= 11 is 0. The Balaban J connectivity index is 1.68. The van der Waals surface area contributed by atoms with Crippen molar-refractivity contribution < 1.29 is 9.84 Å². The van der Waals surface area contributed by atoms with Crippen molar-refractivity contribution in [3.63, 3.8) is 0 Å². The molecule has 1 aromatic heterocycles. The molecule has 1 aliphatic rings. The van der Waals surface area contributed by atoms with Crippen LogP contribution >= 0.6 is 0 Å². The molecule has 1 atom stereocenters. The van der Waals surface area contributed by atoms with Crippen molar-refractivity contribution in [2.24, 2.45) is 4.99 Å². The van der Waals surface area contributed by atoms with Gasteiger partial charge in [0.15, 0.2) is 17.5 Å². The normalized spacial score (nSPS) is 16.9. The lowest BCUT2D eigenvalue weighted by Crippen LogP contribution is -2.47. The van der Waals surface area contributed by atoms with Gasteiger partial charge in [0.25, 0.3) is 0 Å². The first kappa shape index (κ1) is 18.0. The molecule has 2 heterocycles. The van der Waals surface area contributed by atoms with Crippen LogP contribution in [0.5, 0.6) is 11.5 Å². The van der Waals surface area contributed by atoms with Crippen molar-refractivity contribution in [1.29, 1.82) is 0 Å². The van der Waals surface area contributed by atoms with Crippen LogP contribution in [0.2, 0.25) is 0 Å². The van der Waals surface area contributed by atoms with Gasteiger partial charge in [0.2, 0.25) is 0 Å². The maximum absolute atomic E-state index is 10.2. The zero-order chi connectivity index (χ0) is 18.5. The summed E-state index contributed by atoms with van der Waals surface area (Å²) in [7, 11) is 1.54. The van der Waals surface area contributed by atoms with Gasteiger partial charge >= 0.3 is 0 Å². The lowest BCUT2D eigenvalue weighted by atomic mass is 10.1. The number of hydrogen-bond acceptors (Lipinski definition) is 5. The van der Waals surface area contributed by atoms with Crippen molar-refractivity contribution in [3.8, 4) is 11.5 Å². The molecule has 8 nitrogen and oxygen atoms in total. The van der Waals surface area contributed by atoms with E-state index in [0.29, 0.717) is 12.3 Å². The number of benzene rings is 1. The summed E-state index contributed by atoms with van der Waals surface area (Å²) in [6, 6.07) is 5.65. The summed E-state index contributed by atoms with van der Waals surface area (Å²) in [5.74, 6) is 3.17. The molecule has 3 rings (SSSR count). The number of phenolic OH excluding ortho intramolecular Hbond substituents is 1. The van der Waals surface area contributed by atoms with Crippen LogP contribution in [-0.2, 0) is 19.5 Å². The van der Waals surface area contributed by atoms with Crippen LogP contribution in [0.15, 0.2) is 23.2 Å². The Bertz CT molecular complexity index is 786. The molecule has 0 fully saturated rings. The van der Waals surface area contributed by atoms with Crippen LogP contribution in [0, 0.1) is 6.92 Å². The SMILES string of the molecule is CCNC(=NCc1cccc(OC)c1O)NC1CCc2nc(C)nn2C1. The van der Waals surface area contributed by atoms with Gasteiger partial charge in [-0.25, -0.2) is 14.7 Å². The second-order valence-corrected chi connectivity index (χ2v) is 6.30. The molecule has 0 saturated heterocycles. The minimum absolute atomic E-state index is 0.134. The third kappa shape index (κ3) is 4.07. The Morgan fingerprint density at radius 3 is 3.08 bits per heavy atom. The van der Waals surface area contributed by atoms with E-state index in [9.17, 15) is 5.11 Å². The highest BCUT2D eigenvalue weighted by molar-refractivity contribution is 5.80. The van der Waals surface area contributed by atoms with E-state index >= 15 is 0 Å². The van der Waals surface area contributed by atoms with E-state index in [-0.39, 0.29) is 11.8 Å². The summed E-state index contributed by atoms with van der Waals surface area (Å²) in [6.45, 7) is 5.83. The number of phenols is 1. The molecule has 8 heteroatoms. The second kappa shape index (κ2) is 8.07. The number of hydrogen-bond donors (Lipinski definition) is 3. The van der Waals surface area contributed by atoms with Gasteiger partial charge in [-0.15, -0.1) is 0 Å². The summed E-state index contributed by atoms with van der Waals surface area (Å²) in [5.41, 5.74) is 0.722. The maximum atomic E-state index is 10.2. The molecule has 2 aromatic rings. The number of para-hydroxylation sites is 1. The first-order chi connectivity index (χ1) is 12.6. The Morgan fingerprint density at radius 2 is 2.31 bits per heavy atom. The van der Waals surface area contributed by atoms with Crippen molar-refractivity contribution >= 4 is 5.96 Å². The Labute approximate surface area is 153 Å². The molecule has 0 amide bonds. The third-order valence-electron chi connectivity index (χ3n) is 4.36. The van der Waals surface area contributed by atoms with Crippen LogP contribution in [0.4, 0.5) is 0 Å². The fraction of sp³-hybridized carbons (Fsp3) is 0.500. The van der Waals surface area contributed by atoms with Crippen molar-refractivity contribution in [3.05, 3.63) is 35.4 Å². The van der Waals surface area contributed by atoms with Crippen LogP contribution < -0.4 is 15.4 Å². The van der Waals surface area contributed by atoms with E-state index in [1.54, 1.807) is 6.07 Å². The Kier molecular flexibility index (Phi) is 5.60. The predicted octanol–water partition coefficient (Wildman–Crippen LogP) is 1.37. The highest BCUT2D eigenvalue weighted by Gasteiger charge is 2.21. The van der Waals surface area contributed by atoms with Gasteiger partial charge < -0.3 is 20.5 Å². The van der Waals surface area contributed by atoms with Gasteiger partial charge in [-0.3, -0.25) is 0 Å². The Morgan fingerprint density at radius 1 is 1.46 bits per heavy atom. The van der Waals surface area contributed by atoms with Gasteiger partial charge in [-0.1, -0.05) is 12.1 Å². The van der Waals surface area contributed by atoms with E-state index in [1.807, 2.05) is 30.7 Å². The van der Waals surface area contributed by atoms with Crippen molar-refractivity contribution in [1.82, 2.24) is 25.4 Å². The second-order valence-electron chi connectivity index (χ2n) is 6.30. The zero-order valence-electron chi connectivity index (χ0n) is 15.5. The molecule has 0 radical (unpaired) electrons. The molecule has 1 unspecified atom stereocenters. The fourth-order valence-electron chi connectivity index (χ4n) is 3.09. The predicted molar refractivity (Wildman–Crippen MR) is 99.5 cm³/mol. The standard InChI is InChI=1S/C18H26N6O2/c1-4-19-18(20-10-13-6-5-7-15(26-3)17(13)25)22-14-8-9-16-21-12(2)23-24(16)11-14/h5-7,14,25H,4,8-11H2,1-3H3,(H2,19,20,22). The van der Waals surface area contributed by atoms with E-state index in [0.717, 1.165) is 49.1 Å². The van der Waals surface area contributed by atoms with Crippen LogP contribution in [-0.4, -0.2) is 45.5 Å². The quantitative estimate of drug-likeness (QED) is 0.552. The third-order valence-corrected chi connectivity index (χ3v) is 4.36. The van der Waals surface area contributed by atoms with Gasteiger partial charge in [-0.05, 0) is 26.3 Å².